The van der Waals surface area contributed by atoms with E-state index in [1.807, 2.05) is 0 Å². The van der Waals surface area contributed by atoms with Gasteiger partial charge < -0.3 is 5.32 Å². The summed E-state index contributed by atoms with van der Waals surface area (Å²) in [5.41, 5.74) is 0. The summed E-state index contributed by atoms with van der Waals surface area (Å²) in [7, 11) is 0. The van der Waals surface area contributed by atoms with Crippen LogP contribution in [0.25, 0.3) is 0 Å². The molecule has 0 aromatic rings. The van der Waals surface area contributed by atoms with Crippen LogP contribution in [0.15, 0.2) is 0 Å². The van der Waals surface area contributed by atoms with Crippen LogP contribution < -0.4 is 5.32 Å². The Morgan fingerprint density at radius 2 is 1.60 bits per heavy atom. The van der Waals surface area contributed by atoms with Crippen LogP contribution in [0, 0.1) is 0 Å². The molecule has 0 rings (SSSR count). The molecule has 15 heavy (non-hydrogen) atoms. The summed E-state index contributed by atoms with van der Waals surface area (Å²) in [6.45, 7) is 5.87. The quantitative estimate of drug-likeness (QED) is 0.533. The fourth-order valence-corrected chi connectivity index (χ4v) is 1.60. The number of hydrogen-bond donors (Lipinski definition) is 1. The fourth-order valence-electron chi connectivity index (χ4n) is 1.60. The first-order chi connectivity index (χ1) is 7.31. The minimum Gasteiger partial charge on any atom is -0.310 e. The molecule has 0 heterocycles. The summed E-state index contributed by atoms with van der Waals surface area (Å²) >= 11 is 0. The predicted molar refractivity (Wildman–Crippen MR) is 66.2 cm³/mol. The molecule has 2 nitrogen and oxygen atoms in total. The predicted octanol–water partition coefficient (Wildman–Crippen LogP) is 3.31. The van der Waals surface area contributed by atoms with E-state index in [0.29, 0.717) is 12.3 Å². The van der Waals surface area contributed by atoms with E-state index in [4.69, 9.17) is 0 Å². The van der Waals surface area contributed by atoms with Gasteiger partial charge in [0.25, 0.3) is 0 Å². The average molecular weight is 213 g/mol. The maximum atomic E-state index is 11.3. The van der Waals surface area contributed by atoms with Crippen molar-refractivity contribution in [1.82, 2.24) is 5.32 Å². The van der Waals surface area contributed by atoms with Crippen LogP contribution in [0.3, 0.4) is 0 Å². The van der Waals surface area contributed by atoms with E-state index in [1.54, 1.807) is 0 Å². The Labute approximate surface area is 94.8 Å². The van der Waals surface area contributed by atoms with Gasteiger partial charge in [0, 0.05) is 6.42 Å². The Morgan fingerprint density at radius 3 is 2.27 bits per heavy atom. The molecular formula is C13H27NO. The largest absolute Gasteiger partial charge is 0.310 e. The van der Waals surface area contributed by atoms with E-state index in [9.17, 15) is 4.79 Å². The number of Topliss-reactive ketones (excluding diaryl/α,β-unsaturated/α-hetero) is 1. The lowest BCUT2D eigenvalue weighted by atomic mass is 10.1. The third-order valence-electron chi connectivity index (χ3n) is 2.56. The van der Waals surface area contributed by atoms with Gasteiger partial charge in [-0.3, -0.25) is 4.79 Å². The van der Waals surface area contributed by atoms with Crippen molar-refractivity contribution >= 4 is 5.78 Å². The number of hydrogen-bond acceptors (Lipinski definition) is 2. The summed E-state index contributed by atoms with van der Waals surface area (Å²) in [6, 6.07) is 0. The smallest absolute Gasteiger partial charge is 0.146 e. The second-order valence-electron chi connectivity index (χ2n) is 4.23. The first-order valence-electron chi connectivity index (χ1n) is 6.53. The van der Waals surface area contributed by atoms with Crippen molar-refractivity contribution < 1.29 is 4.79 Å². The van der Waals surface area contributed by atoms with E-state index in [2.05, 4.69) is 19.2 Å². The van der Waals surface area contributed by atoms with Crippen molar-refractivity contribution in [2.24, 2.45) is 0 Å². The SMILES string of the molecule is CCCCCCCCC(=O)CNCCC. The molecule has 1 N–H and O–H groups in total. The zero-order valence-corrected chi connectivity index (χ0v) is 10.5. The summed E-state index contributed by atoms with van der Waals surface area (Å²) in [5, 5.41) is 3.15. The second kappa shape index (κ2) is 11.7. The molecule has 0 amide bonds. The number of unbranched alkanes of at least 4 members (excludes halogenated alkanes) is 5. The second-order valence-corrected chi connectivity index (χ2v) is 4.23. The molecule has 0 radical (unpaired) electrons. The normalized spacial score (nSPS) is 10.5. The Balaban J connectivity index is 3.10. The van der Waals surface area contributed by atoms with Gasteiger partial charge >= 0.3 is 0 Å². The molecule has 0 aromatic carbocycles. The lowest BCUT2D eigenvalue weighted by Gasteiger charge is -2.02. The summed E-state index contributed by atoms with van der Waals surface area (Å²) in [4.78, 5) is 11.3. The molecule has 2 heteroatoms. The van der Waals surface area contributed by atoms with Gasteiger partial charge in [0.2, 0.25) is 0 Å². The highest BCUT2D eigenvalue weighted by Crippen LogP contribution is 2.06. The fraction of sp³-hybridized carbons (Fsp3) is 0.923. The Bertz CT molecular complexity index is 145. The number of carbonyl (C=O) groups is 1. The molecular weight excluding hydrogens is 186 g/mol. The molecule has 0 aliphatic carbocycles. The van der Waals surface area contributed by atoms with Crippen molar-refractivity contribution in [3.8, 4) is 0 Å². The molecule has 0 aromatic heterocycles. The van der Waals surface area contributed by atoms with Crippen molar-refractivity contribution in [2.75, 3.05) is 13.1 Å². The minimum absolute atomic E-state index is 0.374. The van der Waals surface area contributed by atoms with Crippen molar-refractivity contribution in [3.05, 3.63) is 0 Å². The molecule has 0 atom stereocenters. The lowest BCUT2D eigenvalue weighted by Crippen LogP contribution is -2.23. The lowest BCUT2D eigenvalue weighted by molar-refractivity contribution is -0.118. The Hall–Kier alpha value is -0.370. The Kier molecular flexibility index (Phi) is 11.4. The van der Waals surface area contributed by atoms with E-state index >= 15 is 0 Å². The van der Waals surface area contributed by atoms with E-state index in [1.165, 1.54) is 32.1 Å². The Morgan fingerprint density at radius 1 is 0.933 bits per heavy atom. The summed E-state index contributed by atoms with van der Waals surface area (Å²) in [6.07, 6.45) is 9.43. The van der Waals surface area contributed by atoms with Gasteiger partial charge in [0.15, 0.2) is 0 Å². The van der Waals surface area contributed by atoms with Gasteiger partial charge in [0.05, 0.1) is 6.54 Å². The van der Waals surface area contributed by atoms with Gasteiger partial charge in [0.1, 0.15) is 5.78 Å². The van der Waals surface area contributed by atoms with E-state index in [0.717, 1.165) is 25.8 Å². The molecule has 0 spiro atoms. The van der Waals surface area contributed by atoms with Gasteiger partial charge in [-0.1, -0.05) is 46.0 Å². The number of ketones is 1. The van der Waals surface area contributed by atoms with Crippen molar-refractivity contribution in [3.63, 3.8) is 0 Å². The third kappa shape index (κ3) is 11.6. The van der Waals surface area contributed by atoms with Crippen molar-refractivity contribution in [2.45, 2.75) is 65.2 Å². The van der Waals surface area contributed by atoms with Crippen LogP contribution in [0.5, 0.6) is 0 Å². The molecule has 90 valence electrons. The third-order valence-corrected chi connectivity index (χ3v) is 2.56. The number of carbonyl (C=O) groups excluding carboxylic acids is 1. The average Bonchev–Trinajstić information content (AvgIpc) is 2.23. The molecule has 0 fully saturated rings. The minimum atomic E-state index is 0.374. The highest BCUT2D eigenvalue weighted by molar-refractivity contribution is 5.80. The maximum absolute atomic E-state index is 11.3. The van der Waals surface area contributed by atoms with Crippen LogP contribution in [0.1, 0.15) is 65.2 Å². The van der Waals surface area contributed by atoms with E-state index in [-0.39, 0.29) is 0 Å². The maximum Gasteiger partial charge on any atom is 0.146 e. The zero-order valence-electron chi connectivity index (χ0n) is 10.5. The molecule has 0 saturated carbocycles. The topological polar surface area (TPSA) is 29.1 Å². The van der Waals surface area contributed by atoms with Crippen LogP contribution in [-0.2, 0) is 4.79 Å². The van der Waals surface area contributed by atoms with Crippen LogP contribution in [-0.4, -0.2) is 18.9 Å². The monoisotopic (exact) mass is 213 g/mol. The molecule has 0 saturated heterocycles. The summed E-state index contributed by atoms with van der Waals surface area (Å²) in [5.74, 6) is 0.374. The highest BCUT2D eigenvalue weighted by atomic mass is 16.1. The van der Waals surface area contributed by atoms with Gasteiger partial charge in [-0.15, -0.1) is 0 Å². The van der Waals surface area contributed by atoms with Crippen LogP contribution in [0.4, 0.5) is 0 Å². The number of nitrogens with one attached hydrogen (secondary N) is 1. The summed E-state index contributed by atoms with van der Waals surface area (Å²) < 4.78 is 0. The van der Waals surface area contributed by atoms with Gasteiger partial charge in [-0.05, 0) is 19.4 Å². The molecule has 0 aliphatic heterocycles. The highest BCUT2D eigenvalue weighted by Gasteiger charge is 2.00. The molecule has 0 aliphatic rings. The van der Waals surface area contributed by atoms with Crippen molar-refractivity contribution in [1.29, 1.82) is 0 Å². The standard InChI is InChI=1S/C13H27NO/c1-3-5-6-7-8-9-10-13(15)12-14-11-4-2/h14H,3-12H2,1-2H3. The molecule has 0 unspecified atom stereocenters. The van der Waals surface area contributed by atoms with Crippen LogP contribution in [0.2, 0.25) is 0 Å². The van der Waals surface area contributed by atoms with Gasteiger partial charge in [-0.25, -0.2) is 0 Å². The number of rotatable bonds is 11. The first kappa shape index (κ1) is 14.6. The first-order valence-corrected chi connectivity index (χ1v) is 6.53. The van der Waals surface area contributed by atoms with E-state index < -0.39 is 0 Å². The van der Waals surface area contributed by atoms with Gasteiger partial charge in [-0.2, -0.15) is 0 Å². The van der Waals surface area contributed by atoms with Crippen LogP contribution >= 0.6 is 0 Å². The molecule has 0 bridgehead atoms. The zero-order chi connectivity index (χ0) is 11.4.